The van der Waals surface area contributed by atoms with Gasteiger partial charge in [-0.3, -0.25) is 9.78 Å². The van der Waals surface area contributed by atoms with E-state index in [0.717, 1.165) is 10.7 Å². The average Bonchev–Trinajstić information content (AvgIpc) is 2.95. The minimum Gasteiger partial charge on any atom is -0.480 e. The minimum atomic E-state index is -1.01. The number of aromatic nitrogens is 2. The van der Waals surface area contributed by atoms with Crippen molar-refractivity contribution in [1.29, 1.82) is 0 Å². The zero-order chi connectivity index (χ0) is 16.8. The predicted octanol–water partition coefficient (Wildman–Crippen LogP) is 2.36. The van der Waals surface area contributed by atoms with Gasteiger partial charge in [0.15, 0.2) is 0 Å². The molecule has 6 nitrogen and oxygen atoms in total. The number of aliphatic carboxylic acids is 1. The maximum absolute atomic E-state index is 12.0. The van der Waals surface area contributed by atoms with E-state index in [4.69, 9.17) is 5.11 Å². The first-order chi connectivity index (χ1) is 11.0. The molecule has 1 unspecified atom stereocenters. The Labute approximate surface area is 138 Å². The standard InChI is InChI=1S/C16H19N3O3S/c1-10(2)7-13(16(21)22)19-14(20)8-11-9-23-15(18-11)12-5-3-4-6-17-12/h3-6,9-10,13H,7-8H2,1-2H3,(H,19,20)(H,21,22). The van der Waals surface area contributed by atoms with E-state index in [-0.39, 0.29) is 18.2 Å². The van der Waals surface area contributed by atoms with Gasteiger partial charge in [0, 0.05) is 11.6 Å². The Hall–Kier alpha value is -2.28. The van der Waals surface area contributed by atoms with Gasteiger partial charge in [-0.2, -0.15) is 0 Å². The van der Waals surface area contributed by atoms with E-state index >= 15 is 0 Å². The van der Waals surface area contributed by atoms with Crippen molar-refractivity contribution in [2.45, 2.75) is 32.7 Å². The van der Waals surface area contributed by atoms with Crippen molar-refractivity contribution in [3.63, 3.8) is 0 Å². The smallest absolute Gasteiger partial charge is 0.326 e. The maximum atomic E-state index is 12.0. The number of amides is 1. The topological polar surface area (TPSA) is 92.2 Å². The molecule has 23 heavy (non-hydrogen) atoms. The molecule has 0 saturated carbocycles. The highest BCUT2D eigenvalue weighted by Crippen LogP contribution is 2.21. The van der Waals surface area contributed by atoms with Gasteiger partial charge in [0.25, 0.3) is 0 Å². The lowest BCUT2D eigenvalue weighted by atomic mass is 10.0. The van der Waals surface area contributed by atoms with E-state index < -0.39 is 12.0 Å². The summed E-state index contributed by atoms with van der Waals surface area (Å²) in [4.78, 5) is 31.8. The summed E-state index contributed by atoms with van der Waals surface area (Å²) >= 11 is 1.41. The molecule has 0 aliphatic heterocycles. The summed E-state index contributed by atoms with van der Waals surface area (Å²) in [6, 6.07) is 4.69. The molecule has 0 saturated heterocycles. The first kappa shape index (κ1) is 17.1. The molecule has 1 atom stereocenters. The van der Waals surface area contributed by atoms with Crippen LogP contribution in [0.1, 0.15) is 26.0 Å². The van der Waals surface area contributed by atoms with Crippen LogP contribution in [0.4, 0.5) is 0 Å². The lowest BCUT2D eigenvalue weighted by molar-refractivity contribution is -0.142. The van der Waals surface area contributed by atoms with Crippen molar-refractivity contribution in [2.24, 2.45) is 5.92 Å². The fraction of sp³-hybridized carbons (Fsp3) is 0.375. The number of nitrogens with zero attached hydrogens (tertiary/aromatic N) is 2. The maximum Gasteiger partial charge on any atom is 0.326 e. The molecule has 122 valence electrons. The number of thiazole rings is 1. The van der Waals surface area contributed by atoms with Crippen LogP contribution in [0.2, 0.25) is 0 Å². The molecule has 0 fully saturated rings. The van der Waals surface area contributed by atoms with E-state index in [1.54, 1.807) is 11.6 Å². The van der Waals surface area contributed by atoms with Crippen LogP contribution in [0.25, 0.3) is 10.7 Å². The van der Waals surface area contributed by atoms with E-state index in [1.165, 1.54) is 11.3 Å². The number of rotatable bonds is 7. The van der Waals surface area contributed by atoms with Gasteiger partial charge in [-0.15, -0.1) is 11.3 Å². The summed E-state index contributed by atoms with van der Waals surface area (Å²) in [5, 5.41) is 14.2. The zero-order valence-corrected chi connectivity index (χ0v) is 13.8. The van der Waals surface area contributed by atoms with Crippen LogP contribution in [-0.2, 0) is 16.0 Å². The van der Waals surface area contributed by atoms with Crippen LogP contribution in [0, 0.1) is 5.92 Å². The third-order valence-corrected chi connectivity index (χ3v) is 4.03. The van der Waals surface area contributed by atoms with Crippen molar-refractivity contribution in [1.82, 2.24) is 15.3 Å². The van der Waals surface area contributed by atoms with E-state index in [2.05, 4.69) is 15.3 Å². The second-order valence-electron chi connectivity index (χ2n) is 5.62. The van der Waals surface area contributed by atoms with E-state index in [1.807, 2.05) is 32.0 Å². The van der Waals surface area contributed by atoms with E-state index in [0.29, 0.717) is 12.1 Å². The summed E-state index contributed by atoms with van der Waals surface area (Å²) in [5.74, 6) is -1.16. The van der Waals surface area contributed by atoms with Crippen LogP contribution in [0.15, 0.2) is 29.8 Å². The second kappa shape index (κ2) is 7.82. The van der Waals surface area contributed by atoms with Crippen molar-refractivity contribution in [3.05, 3.63) is 35.5 Å². The summed E-state index contributed by atoms with van der Waals surface area (Å²) < 4.78 is 0. The minimum absolute atomic E-state index is 0.0607. The number of nitrogens with one attached hydrogen (secondary N) is 1. The molecule has 2 aromatic rings. The molecule has 0 spiro atoms. The SMILES string of the molecule is CC(C)CC(NC(=O)Cc1csc(-c2ccccn2)n1)C(=O)O. The number of hydrogen-bond donors (Lipinski definition) is 2. The molecule has 7 heteroatoms. The van der Waals surface area contributed by atoms with Crippen LogP contribution in [0.3, 0.4) is 0 Å². The normalized spacial score (nSPS) is 12.1. The molecule has 0 aliphatic rings. The number of hydrogen-bond acceptors (Lipinski definition) is 5. The van der Waals surface area contributed by atoms with Gasteiger partial charge in [-0.05, 0) is 24.5 Å². The number of carboxylic acid groups (broad SMARTS) is 1. The Balaban J connectivity index is 1.98. The molecule has 0 aliphatic carbocycles. The quantitative estimate of drug-likeness (QED) is 0.811. The summed E-state index contributed by atoms with van der Waals surface area (Å²) in [5.41, 5.74) is 1.37. The third-order valence-electron chi connectivity index (χ3n) is 3.12. The van der Waals surface area contributed by atoms with E-state index in [9.17, 15) is 9.59 Å². The van der Waals surface area contributed by atoms with Crippen molar-refractivity contribution < 1.29 is 14.7 Å². The number of carbonyl (C=O) groups excluding carboxylic acids is 1. The van der Waals surface area contributed by atoms with Crippen molar-refractivity contribution >= 4 is 23.2 Å². The monoisotopic (exact) mass is 333 g/mol. The summed E-state index contributed by atoms with van der Waals surface area (Å²) in [6.45, 7) is 3.84. The van der Waals surface area contributed by atoms with Gasteiger partial charge in [0.05, 0.1) is 17.8 Å². The highest BCUT2D eigenvalue weighted by Gasteiger charge is 2.21. The Morgan fingerprint density at radius 3 is 2.74 bits per heavy atom. The number of carbonyl (C=O) groups is 2. The highest BCUT2D eigenvalue weighted by molar-refractivity contribution is 7.13. The molecule has 1 amide bonds. The zero-order valence-electron chi connectivity index (χ0n) is 13.0. The lowest BCUT2D eigenvalue weighted by Crippen LogP contribution is -2.42. The molecular formula is C16H19N3O3S. The van der Waals surface area contributed by atoms with Gasteiger partial charge in [0.2, 0.25) is 5.91 Å². The third kappa shape index (κ3) is 5.14. The molecule has 2 rings (SSSR count). The van der Waals surface area contributed by atoms with Gasteiger partial charge in [-0.1, -0.05) is 19.9 Å². The highest BCUT2D eigenvalue weighted by atomic mass is 32.1. The fourth-order valence-corrected chi connectivity index (χ4v) is 2.89. The largest absolute Gasteiger partial charge is 0.480 e. The van der Waals surface area contributed by atoms with Crippen LogP contribution in [0.5, 0.6) is 0 Å². The van der Waals surface area contributed by atoms with Crippen molar-refractivity contribution in [2.75, 3.05) is 0 Å². The fourth-order valence-electron chi connectivity index (χ4n) is 2.10. The van der Waals surface area contributed by atoms with Gasteiger partial charge >= 0.3 is 5.97 Å². The van der Waals surface area contributed by atoms with Gasteiger partial charge in [0.1, 0.15) is 11.0 Å². The van der Waals surface area contributed by atoms with Crippen LogP contribution < -0.4 is 5.32 Å². The lowest BCUT2D eigenvalue weighted by Gasteiger charge is -2.16. The molecule has 2 aromatic heterocycles. The number of pyridine rings is 1. The average molecular weight is 333 g/mol. The Kier molecular flexibility index (Phi) is 5.81. The molecule has 2 N–H and O–H groups in total. The van der Waals surface area contributed by atoms with Crippen LogP contribution in [-0.4, -0.2) is 33.0 Å². The molecular weight excluding hydrogens is 314 g/mol. The molecule has 2 heterocycles. The number of carboxylic acids is 1. The molecule has 0 bridgehead atoms. The molecule has 0 aromatic carbocycles. The second-order valence-corrected chi connectivity index (χ2v) is 6.48. The predicted molar refractivity (Wildman–Crippen MR) is 88.1 cm³/mol. The van der Waals surface area contributed by atoms with Gasteiger partial charge < -0.3 is 10.4 Å². The Bertz CT molecular complexity index is 670. The first-order valence-corrected chi connectivity index (χ1v) is 8.21. The summed E-state index contributed by atoms with van der Waals surface area (Å²) in [7, 11) is 0. The van der Waals surface area contributed by atoms with Gasteiger partial charge in [-0.25, -0.2) is 9.78 Å². The summed E-state index contributed by atoms with van der Waals surface area (Å²) in [6.07, 6.45) is 2.15. The Morgan fingerprint density at radius 1 is 1.35 bits per heavy atom. The van der Waals surface area contributed by atoms with Crippen molar-refractivity contribution in [3.8, 4) is 10.7 Å². The molecule has 0 radical (unpaired) electrons. The van der Waals surface area contributed by atoms with Crippen LogP contribution >= 0.6 is 11.3 Å². The first-order valence-electron chi connectivity index (χ1n) is 7.33. The Morgan fingerprint density at radius 2 is 2.13 bits per heavy atom.